The number of fused-ring (bicyclic) bond motifs is 1. The summed E-state index contributed by atoms with van der Waals surface area (Å²) in [7, 11) is 0. The first-order valence-corrected chi connectivity index (χ1v) is 43.8. The van der Waals surface area contributed by atoms with Gasteiger partial charge in [-0.15, -0.1) is 20.8 Å². The Morgan fingerprint density at radius 3 is 1.46 bits per heavy atom. The molecule has 1 aromatic carbocycles. The third-order valence-electron chi connectivity index (χ3n) is 16.9. The lowest BCUT2D eigenvalue weighted by Crippen LogP contribution is -2.58. The molecule has 0 unspecified atom stereocenters. The number of aliphatic hydroxyl groups excluding tert-OH is 1. The Kier molecular flexibility index (Phi) is 60.3. The van der Waals surface area contributed by atoms with Crippen LogP contribution in [0.15, 0.2) is 136 Å². The van der Waals surface area contributed by atoms with Crippen molar-refractivity contribution in [3.63, 3.8) is 0 Å². The monoisotopic (exact) mass is 2100 g/mol. The van der Waals surface area contributed by atoms with Gasteiger partial charge in [0, 0.05) is 348 Å². The molecule has 0 aliphatic carbocycles. The fourth-order valence-electron chi connectivity index (χ4n) is 10.6. The standard InChI is InChI=1S/C52H67N13O9S.C52H6.H3N13O9S.30H2/c1-35-7-12-42(54-29-35)65-43(58-49(68)40-31-57-64-14-6-13-53-48(40)64)28-44(60-65)62-17-15-61(16-18-62)19-20-71-21-22-72-23-24-73-25-26-74-33-45(67)59-47(52(3,4)5)51(70)63-32-39(66)27-41(63)50(69)55-30-37-8-10-38(11-9-37)46-36(2)56-34-75-46;1-3-5-7-9-11-13-15-17-19-21-23-25-27-29-31-33-35-37-39-41-43-45-47-49-51-52-50-48-46-44-42-40-38-36-34-32-30-28-26-24-22-20-18-16-14-12-10-8-6-4-2;1-2-3-4-5-6-7-8-9-10-11-12-13(15-18-20-17-14)16-19-21-22-23;;;;;;;;;;;;;;;;;;;;;;;;;;;;;;/h6-14,28-29,31,34,39,41,47,66H,15-27,30,32-33H2,1-5H3,(H,55,69)(H,58,68)(H,59,67);1-2H3;1,14,23H;30*1H/b;;2-1?,4-3+,6-5+,8-7+,10-9+,12-11+;;;;;;;;;;;;;;;;;;;;;;;;;;;;;;/t39-,41+,47-;;;;;;;;;;;;;;;;;;;;;;;;;;;;;;;;/m1................................/s1. The number of carbonyl (C=O) groups excluding carboxylic acids is 4. The Labute approximate surface area is 916 Å². The zero-order valence-corrected chi connectivity index (χ0v) is 81.9. The molecule has 2 fully saturated rings. The van der Waals surface area contributed by atoms with E-state index in [0.29, 0.717) is 55.9 Å². The fourth-order valence-corrected chi connectivity index (χ4v) is 11.5. The lowest BCUT2D eigenvalue weighted by Gasteiger charge is -2.35. The van der Waals surface area contributed by atoms with E-state index in [1.165, 1.54) is 11.1 Å². The number of thiol groups is 1. The molecule has 802 valence electrons. The van der Waals surface area contributed by atoms with Gasteiger partial charge in [0.15, 0.2) is 17.3 Å². The van der Waals surface area contributed by atoms with Gasteiger partial charge >= 0.3 is 0 Å². The lowest BCUT2D eigenvalue weighted by atomic mass is 9.85. The summed E-state index contributed by atoms with van der Waals surface area (Å²) in [5.41, 5.74) is 12.0. The summed E-state index contributed by atoms with van der Waals surface area (Å²) >= 11 is 4.68. The molecule has 0 spiro atoms. The molecule has 5 aromatic heterocycles. The van der Waals surface area contributed by atoms with Gasteiger partial charge < -0.3 is 49.8 Å². The van der Waals surface area contributed by atoms with Crippen LogP contribution in [-0.4, -0.2) is 194 Å². The van der Waals surface area contributed by atoms with E-state index in [4.69, 9.17) is 34.8 Å². The summed E-state index contributed by atoms with van der Waals surface area (Å²) in [4.78, 5) is 82.0. The number of rotatable bonds is 38. The Morgan fingerprint density at radius 2 is 1.02 bits per heavy atom. The van der Waals surface area contributed by atoms with Crippen LogP contribution in [0.4, 0.5) is 11.6 Å². The lowest BCUT2D eigenvalue weighted by molar-refractivity contribution is -0.784. The number of thiazole rings is 1. The van der Waals surface area contributed by atoms with Gasteiger partial charge in [-0.2, -0.15) is 15.3 Å². The number of likely N-dealkylation sites (tertiary alicyclic amines) is 1. The van der Waals surface area contributed by atoms with Crippen LogP contribution < -0.4 is 20.9 Å². The Balaban J connectivity index is -0.0000000889. The number of aryl methyl sites for hydroxylation is 2. The number of piperazine rings is 1. The highest BCUT2D eigenvalue weighted by atomic mass is 32.1. The average molecular weight is 2100 g/mol. The van der Waals surface area contributed by atoms with Crippen molar-refractivity contribution in [2.24, 2.45) is 62.9 Å². The second-order valence-corrected chi connectivity index (χ2v) is 28.9. The van der Waals surface area contributed by atoms with Crippen molar-refractivity contribution in [3.8, 4) is 312 Å². The molecule has 46 heteroatoms. The van der Waals surface area contributed by atoms with Crippen LogP contribution in [-0.2, 0) is 79.4 Å². The topological polar surface area (TPSA) is 502 Å². The number of ether oxygens (including phenoxy) is 4. The third-order valence-corrected chi connectivity index (χ3v) is 17.9. The molecule has 2 aliphatic heterocycles. The number of aromatic nitrogens is 7. The number of benzene rings is 1. The smallest absolute Gasteiger partial charge is 0.262 e. The normalized spacial score (nSPS) is 11.6. The summed E-state index contributed by atoms with van der Waals surface area (Å²) in [6.45, 7) is 19.1. The van der Waals surface area contributed by atoms with Gasteiger partial charge in [-0.05, 0) is 223 Å². The number of β-amino-alcohol motifs (C(OH)–C–C–N with tert-alkyl or cyclic N) is 1. The van der Waals surface area contributed by atoms with E-state index in [0.717, 1.165) is 65.8 Å². The van der Waals surface area contributed by atoms with Gasteiger partial charge in [0.05, 0.1) is 80.0 Å². The van der Waals surface area contributed by atoms with E-state index in [2.05, 4.69) is 452 Å². The zero-order valence-electron chi connectivity index (χ0n) is 80.2. The molecule has 7 heterocycles. The molecular weight excluding hydrogens is 1970 g/mol. The second kappa shape index (κ2) is 76.4. The van der Waals surface area contributed by atoms with Crippen molar-refractivity contribution < 1.29 is 131 Å². The van der Waals surface area contributed by atoms with Gasteiger partial charge in [0.1, 0.15) is 30.1 Å². The summed E-state index contributed by atoms with van der Waals surface area (Å²) < 4.78 is 29.5. The summed E-state index contributed by atoms with van der Waals surface area (Å²) in [5.74, 6) is 126. The molecule has 0 bridgehead atoms. The van der Waals surface area contributed by atoms with Crippen molar-refractivity contribution >= 4 is 65.2 Å². The van der Waals surface area contributed by atoms with Gasteiger partial charge in [0.2, 0.25) is 17.7 Å². The first-order valence-electron chi connectivity index (χ1n) is 42.6. The minimum absolute atomic E-state index is 0. The van der Waals surface area contributed by atoms with Crippen LogP contribution in [0.1, 0.15) is 111 Å². The van der Waals surface area contributed by atoms with Crippen molar-refractivity contribution in [1.82, 2.24) is 60.1 Å². The molecule has 0 radical (unpaired) electrons. The number of amides is 4. The van der Waals surface area contributed by atoms with E-state index in [1.54, 1.807) is 59.0 Å². The number of anilines is 2. The number of carbonyl (C=O) groups is 4. The molecule has 150 heavy (non-hydrogen) atoms. The quantitative estimate of drug-likeness (QED) is 0.00360. The fraction of sp³-hybridized carbons (Fsp3) is 0.260. The molecule has 2 aliphatic rings. The highest BCUT2D eigenvalue weighted by molar-refractivity contribution is 7.74. The van der Waals surface area contributed by atoms with Crippen LogP contribution in [0.25, 0.3) is 21.9 Å². The molecular formula is C104H136N26O18S2. The number of hydrogen-bond acceptors (Lipinski definition) is 29. The molecule has 6 aromatic rings. The van der Waals surface area contributed by atoms with Gasteiger partial charge in [-0.3, -0.25) is 24.1 Å². The van der Waals surface area contributed by atoms with E-state index in [-0.39, 0.29) is 99.3 Å². The molecule has 3 atom stereocenters. The van der Waals surface area contributed by atoms with E-state index in [1.807, 2.05) is 82.6 Å². The van der Waals surface area contributed by atoms with Crippen LogP contribution in [0, 0.1) is 321 Å². The van der Waals surface area contributed by atoms with E-state index >= 15 is 0 Å². The van der Waals surface area contributed by atoms with Crippen molar-refractivity contribution in [3.05, 3.63) is 101 Å². The zero-order chi connectivity index (χ0) is 107. The summed E-state index contributed by atoms with van der Waals surface area (Å²) in [6.07, 6.45) is 5.84. The highest BCUT2D eigenvalue weighted by Crippen LogP contribution is 2.30. The van der Waals surface area contributed by atoms with Crippen LogP contribution in [0.2, 0.25) is 0 Å². The van der Waals surface area contributed by atoms with Crippen LogP contribution >= 0.6 is 24.2 Å². The third kappa shape index (κ3) is 52.4. The van der Waals surface area contributed by atoms with Gasteiger partial charge in [-0.1, -0.05) is 62.9 Å². The first kappa shape index (κ1) is 118. The first-order chi connectivity index (χ1) is 73.5. The molecule has 0 saturated carbocycles. The van der Waals surface area contributed by atoms with E-state index in [9.17, 15) is 24.3 Å². The minimum atomic E-state index is -0.968. The number of pyridine rings is 1. The van der Waals surface area contributed by atoms with Crippen molar-refractivity contribution in [2.75, 3.05) is 102 Å². The number of nitrogens with one attached hydrogen (secondary N) is 4. The second-order valence-electron chi connectivity index (χ2n) is 27.9. The minimum Gasteiger partial charge on any atom is -0.391 e. The Bertz CT molecular complexity index is 7580. The van der Waals surface area contributed by atoms with Crippen molar-refractivity contribution in [2.45, 2.75) is 79.6 Å². The molecule has 6 N–H and O–H groups in total. The van der Waals surface area contributed by atoms with Crippen LogP contribution in [0.3, 0.4) is 0 Å². The average Bonchev–Trinajstić information content (AvgIpc) is 1.64. The maximum Gasteiger partial charge on any atom is 0.262 e. The molecule has 4 amide bonds. The Morgan fingerprint density at radius 1 is 0.560 bits per heavy atom. The predicted molar refractivity (Wildman–Crippen MR) is 601 cm³/mol. The Hall–Kier alpha value is -20.3. The van der Waals surface area contributed by atoms with Crippen molar-refractivity contribution in [1.29, 1.82) is 5.53 Å². The van der Waals surface area contributed by atoms with Crippen LogP contribution in [0.5, 0.6) is 0 Å². The number of hydrogen-bond donors (Lipinski definition) is 7. The maximum absolute atomic E-state index is 14.0. The summed E-state index contributed by atoms with van der Waals surface area (Å²) in [6, 6.07) is 13.4. The highest BCUT2D eigenvalue weighted by Gasteiger charge is 2.44. The maximum atomic E-state index is 14.0. The van der Waals surface area contributed by atoms with Gasteiger partial charge in [0.25, 0.3) is 5.91 Å². The largest absolute Gasteiger partial charge is 0.391 e. The predicted octanol–water partition coefficient (Wildman–Crippen LogP) is 13.6. The molecule has 44 nitrogen and oxygen atoms in total. The van der Waals surface area contributed by atoms with E-state index < -0.39 is 35.4 Å². The molecule has 2 saturated heterocycles. The molecule has 8 rings (SSSR count). The van der Waals surface area contributed by atoms with Gasteiger partial charge in [-0.25, -0.2) is 24.7 Å². The summed E-state index contributed by atoms with van der Waals surface area (Å²) in [5, 5.41) is 84.7. The number of aliphatic hydroxyl groups is 1. The number of nitrogens with zero attached hydrogens (tertiary/aromatic N) is 22. The SMILES string of the molecule is CC#CC#CC#CC#CC#CC#CC#CC#CC#CC#CC#CC#CC#CC#CC#CC#CC#CC#CC#CC#CC#CC#CC#CC#CC#CC.Cc1ccc(-n2nc(N3CCN(CCOCCOCCOCCOCC(=O)N[C@H](C(=O)N4C[C@H](O)C[C@H]4C(=O)NCc4ccc(-c5scnc5C)cc4)C(C)(C)C)CC3)cc2NC(=O)c2cnn3cccnc23)nc1.N=N/N=N/N=N/N=N/N=N/N=N/N(OOOOO)OOOOS.[HH].[HH].[HH].[HH].[HH].[HH].[HH].[HH].[HH].[HH].[HH].[HH].[HH].[HH].[HH].[HH].[HH].[HH].[HH].[HH].[HH].[HH].[HH].[HH].[HH].[HH].[HH].[HH].[HH].[HH].